The van der Waals surface area contributed by atoms with E-state index < -0.39 is 29.0 Å². The summed E-state index contributed by atoms with van der Waals surface area (Å²) < 4.78 is 59.9. The number of likely N-dealkylation sites (tertiary alicyclic amines) is 1. The van der Waals surface area contributed by atoms with Crippen molar-refractivity contribution >= 4 is 5.91 Å². The fourth-order valence-corrected chi connectivity index (χ4v) is 3.72. The number of amides is 1. The minimum absolute atomic E-state index is 0.0163. The normalized spacial score (nSPS) is 18.7. The molecule has 1 heterocycles. The average Bonchev–Trinajstić information content (AvgIpc) is 3.42. The molecule has 1 aromatic carbocycles. The summed E-state index contributed by atoms with van der Waals surface area (Å²) in [5, 5.41) is 2.57. The van der Waals surface area contributed by atoms with E-state index in [0.29, 0.717) is 32.0 Å². The molecular formula is C21H28F4N2O2. The van der Waals surface area contributed by atoms with E-state index in [1.165, 1.54) is 0 Å². The number of hydrogen-bond acceptors (Lipinski definition) is 3. The molecule has 2 fully saturated rings. The summed E-state index contributed by atoms with van der Waals surface area (Å²) >= 11 is 0. The van der Waals surface area contributed by atoms with Gasteiger partial charge in [-0.25, -0.2) is 17.6 Å². The van der Waals surface area contributed by atoms with E-state index in [4.69, 9.17) is 4.74 Å². The highest BCUT2D eigenvalue weighted by molar-refractivity contribution is 5.95. The van der Waals surface area contributed by atoms with Crippen LogP contribution in [0.25, 0.3) is 0 Å². The Balaban J connectivity index is 1.39. The number of ether oxygens (including phenoxy) is 1. The van der Waals surface area contributed by atoms with Gasteiger partial charge in [-0.2, -0.15) is 0 Å². The van der Waals surface area contributed by atoms with Crippen molar-refractivity contribution < 1.29 is 27.1 Å². The van der Waals surface area contributed by atoms with Gasteiger partial charge in [0.25, 0.3) is 11.8 Å². The summed E-state index contributed by atoms with van der Waals surface area (Å²) in [5.41, 5.74) is -0.575. The summed E-state index contributed by atoms with van der Waals surface area (Å²) in [6, 6.07) is 2.09. The Hall–Kier alpha value is -1.83. The van der Waals surface area contributed by atoms with Crippen LogP contribution in [-0.4, -0.2) is 49.0 Å². The van der Waals surface area contributed by atoms with Gasteiger partial charge in [0.15, 0.2) is 0 Å². The van der Waals surface area contributed by atoms with Crippen molar-refractivity contribution in [2.24, 2.45) is 5.92 Å². The van der Waals surface area contributed by atoms with Crippen LogP contribution in [0.3, 0.4) is 0 Å². The van der Waals surface area contributed by atoms with Crippen LogP contribution in [0.2, 0.25) is 0 Å². The lowest BCUT2D eigenvalue weighted by atomic mass is 9.92. The van der Waals surface area contributed by atoms with Crippen molar-refractivity contribution in [2.45, 2.75) is 57.4 Å². The Kier molecular flexibility index (Phi) is 7.03. The van der Waals surface area contributed by atoms with Gasteiger partial charge in [0.2, 0.25) is 0 Å². The number of nitrogens with zero attached hydrogens (tertiary/aromatic N) is 1. The fraction of sp³-hybridized carbons (Fsp3) is 0.667. The van der Waals surface area contributed by atoms with Crippen LogP contribution in [0.15, 0.2) is 12.1 Å². The van der Waals surface area contributed by atoms with Gasteiger partial charge in [0.1, 0.15) is 22.9 Å². The van der Waals surface area contributed by atoms with Gasteiger partial charge < -0.3 is 10.1 Å². The van der Waals surface area contributed by atoms with Gasteiger partial charge in [-0.05, 0) is 57.5 Å². The van der Waals surface area contributed by atoms with E-state index in [1.807, 2.05) is 0 Å². The molecule has 1 aromatic rings. The summed E-state index contributed by atoms with van der Waals surface area (Å²) in [6.45, 7) is 2.37. The zero-order valence-electron chi connectivity index (χ0n) is 16.7. The predicted octanol–water partition coefficient (Wildman–Crippen LogP) is 4.38. The molecule has 0 spiro atoms. The Morgan fingerprint density at radius 1 is 1.17 bits per heavy atom. The van der Waals surface area contributed by atoms with Gasteiger partial charge >= 0.3 is 0 Å². The number of alkyl halides is 2. The number of hydrogen-bond donors (Lipinski definition) is 1. The molecule has 8 heteroatoms. The Morgan fingerprint density at radius 3 is 2.34 bits per heavy atom. The smallest absolute Gasteiger partial charge is 0.257 e. The first-order valence-electron chi connectivity index (χ1n) is 10.2. The first-order chi connectivity index (χ1) is 13.7. The van der Waals surface area contributed by atoms with Gasteiger partial charge in [-0.3, -0.25) is 9.69 Å². The first-order valence-corrected chi connectivity index (χ1v) is 10.2. The molecule has 1 saturated heterocycles. The van der Waals surface area contributed by atoms with Crippen molar-refractivity contribution in [3.8, 4) is 5.75 Å². The second-order valence-electron chi connectivity index (χ2n) is 8.29. The molecule has 3 rings (SSSR count). The highest BCUT2D eigenvalue weighted by Gasteiger charge is 2.29. The lowest BCUT2D eigenvalue weighted by molar-refractivity contribution is -0.0226. The zero-order valence-corrected chi connectivity index (χ0v) is 16.7. The molecule has 29 heavy (non-hydrogen) atoms. The molecule has 1 saturated carbocycles. The number of halogens is 4. The van der Waals surface area contributed by atoms with Gasteiger partial charge in [0, 0.05) is 25.1 Å². The molecule has 0 bridgehead atoms. The van der Waals surface area contributed by atoms with Crippen molar-refractivity contribution in [3.63, 3.8) is 0 Å². The molecule has 4 nitrogen and oxygen atoms in total. The maximum atomic E-state index is 14.1. The molecule has 0 unspecified atom stereocenters. The molecule has 1 amide bonds. The second-order valence-corrected chi connectivity index (χ2v) is 8.29. The van der Waals surface area contributed by atoms with E-state index in [1.54, 1.807) is 4.90 Å². The van der Waals surface area contributed by atoms with E-state index in [0.717, 1.165) is 51.2 Å². The SMILES string of the molecule is CC(F)(F)CN1CCC(CCCOc2cc(F)c(C(=O)NC3CC3)c(F)c2)CC1. The standard InChI is InChI=1S/C21H28F4N2O2/c1-21(24,25)13-27-8-6-14(7-9-27)3-2-10-29-16-11-17(22)19(18(23)12-16)20(28)26-15-4-5-15/h11-12,14-15H,2-10,13H2,1H3,(H,26,28). The summed E-state index contributed by atoms with van der Waals surface area (Å²) in [6.07, 6.45) is 4.99. The van der Waals surface area contributed by atoms with Crippen LogP contribution in [0.5, 0.6) is 5.75 Å². The largest absolute Gasteiger partial charge is 0.493 e. The van der Waals surface area contributed by atoms with Crippen molar-refractivity contribution in [2.75, 3.05) is 26.2 Å². The molecule has 0 aromatic heterocycles. The molecule has 0 radical (unpaired) electrons. The van der Waals surface area contributed by atoms with E-state index in [2.05, 4.69) is 5.32 Å². The maximum Gasteiger partial charge on any atom is 0.257 e. The third-order valence-electron chi connectivity index (χ3n) is 5.39. The third-order valence-corrected chi connectivity index (χ3v) is 5.39. The van der Waals surface area contributed by atoms with Gasteiger partial charge in [-0.1, -0.05) is 0 Å². The van der Waals surface area contributed by atoms with Crippen LogP contribution in [0.1, 0.15) is 55.8 Å². The van der Waals surface area contributed by atoms with Crippen LogP contribution >= 0.6 is 0 Å². The highest BCUT2D eigenvalue weighted by atomic mass is 19.3. The predicted molar refractivity (Wildman–Crippen MR) is 101 cm³/mol. The minimum atomic E-state index is -2.67. The van der Waals surface area contributed by atoms with Gasteiger partial charge in [0.05, 0.1) is 13.2 Å². The fourth-order valence-electron chi connectivity index (χ4n) is 3.72. The van der Waals surface area contributed by atoms with Crippen LogP contribution < -0.4 is 10.1 Å². The Labute approximate surface area is 168 Å². The lowest BCUT2D eigenvalue weighted by Crippen LogP contribution is -2.40. The number of carbonyl (C=O) groups is 1. The quantitative estimate of drug-likeness (QED) is 0.480. The van der Waals surface area contributed by atoms with Crippen molar-refractivity contribution in [3.05, 3.63) is 29.3 Å². The topological polar surface area (TPSA) is 41.6 Å². The van der Waals surface area contributed by atoms with E-state index in [9.17, 15) is 22.4 Å². The number of benzene rings is 1. The zero-order chi connectivity index (χ0) is 21.0. The van der Waals surface area contributed by atoms with Crippen molar-refractivity contribution in [1.29, 1.82) is 0 Å². The third kappa shape index (κ3) is 6.87. The second kappa shape index (κ2) is 9.32. The summed E-state index contributed by atoms with van der Waals surface area (Å²) in [7, 11) is 0. The first kappa shape index (κ1) is 21.9. The average molecular weight is 416 g/mol. The molecule has 2 aliphatic rings. The number of nitrogens with one attached hydrogen (secondary N) is 1. The molecule has 162 valence electrons. The maximum absolute atomic E-state index is 14.1. The Bertz CT molecular complexity index is 688. The Morgan fingerprint density at radius 2 is 1.79 bits per heavy atom. The molecule has 0 atom stereocenters. The molecule has 1 aliphatic heterocycles. The molecular weight excluding hydrogens is 388 g/mol. The van der Waals surface area contributed by atoms with Crippen LogP contribution in [0.4, 0.5) is 17.6 Å². The van der Waals surface area contributed by atoms with Crippen molar-refractivity contribution in [1.82, 2.24) is 10.2 Å². The number of piperidine rings is 1. The number of rotatable bonds is 9. The molecule has 1 aliphatic carbocycles. The van der Waals surface area contributed by atoms with Crippen LogP contribution in [0, 0.1) is 17.6 Å². The van der Waals surface area contributed by atoms with E-state index in [-0.39, 0.29) is 18.3 Å². The van der Waals surface area contributed by atoms with Gasteiger partial charge in [-0.15, -0.1) is 0 Å². The highest BCUT2D eigenvalue weighted by Crippen LogP contribution is 2.26. The van der Waals surface area contributed by atoms with E-state index >= 15 is 0 Å². The summed E-state index contributed by atoms with van der Waals surface area (Å²) in [4.78, 5) is 13.7. The summed E-state index contributed by atoms with van der Waals surface area (Å²) in [5.74, 6) is -4.76. The molecule has 1 N–H and O–H groups in total. The monoisotopic (exact) mass is 416 g/mol. The minimum Gasteiger partial charge on any atom is -0.493 e. The number of carbonyl (C=O) groups excluding carboxylic acids is 1. The lowest BCUT2D eigenvalue weighted by Gasteiger charge is -2.33. The van der Waals surface area contributed by atoms with Crippen LogP contribution in [-0.2, 0) is 0 Å².